The van der Waals surface area contributed by atoms with Crippen LogP contribution in [-0.2, 0) is 5.41 Å². The van der Waals surface area contributed by atoms with Crippen molar-refractivity contribution in [1.29, 1.82) is 0 Å². The minimum Gasteiger partial charge on any atom is -0.309 e. The number of fused-ring (bicyclic) bond motifs is 12. The molecular formula is C58H36N4. The number of hydrogen-bond acceptors (Lipinski definition) is 3. The minimum absolute atomic E-state index is 0.494. The molecule has 0 N–H and O–H groups in total. The van der Waals surface area contributed by atoms with Crippen molar-refractivity contribution in [3.05, 3.63) is 241 Å². The third-order valence-corrected chi connectivity index (χ3v) is 13.0. The zero-order chi connectivity index (χ0) is 40.8. The van der Waals surface area contributed by atoms with Crippen LogP contribution in [0.3, 0.4) is 0 Å². The lowest BCUT2D eigenvalue weighted by atomic mass is 9.65. The molecule has 1 aliphatic carbocycles. The summed E-state index contributed by atoms with van der Waals surface area (Å²) >= 11 is 0. The van der Waals surface area contributed by atoms with E-state index in [2.05, 4.69) is 162 Å². The van der Waals surface area contributed by atoms with Crippen LogP contribution in [-0.4, -0.2) is 19.5 Å². The van der Waals surface area contributed by atoms with Crippen molar-refractivity contribution in [2.45, 2.75) is 5.41 Å². The van der Waals surface area contributed by atoms with Gasteiger partial charge in [0.1, 0.15) is 0 Å². The molecule has 4 nitrogen and oxygen atoms in total. The molecule has 62 heavy (non-hydrogen) atoms. The minimum atomic E-state index is -0.494. The van der Waals surface area contributed by atoms with Gasteiger partial charge < -0.3 is 4.57 Å². The summed E-state index contributed by atoms with van der Waals surface area (Å²) in [5.74, 6) is 1.95. The van der Waals surface area contributed by atoms with Crippen LogP contribution in [0.2, 0.25) is 0 Å². The molecule has 13 rings (SSSR count). The van der Waals surface area contributed by atoms with Crippen molar-refractivity contribution in [2.75, 3.05) is 0 Å². The second-order valence-corrected chi connectivity index (χ2v) is 16.3. The standard InChI is InChI=1S/C58H36N4/c1-3-16-38(17-4-1)55-59-56(39-18-5-2-6-19-39)61-57(60-55)40-32-30-37(31-33-40)41-20-15-21-42(34-41)43-35-47-46-24-9-13-28-52(46)62-53-29-14-12-27-50(53)58(51(36-43)54(47)62)48-25-10-7-22-44(48)45-23-8-11-26-49(45)58/h1-36H. The Morgan fingerprint density at radius 3 is 1.44 bits per heavy atom. The third kappa shape index (κ3) is 4.98. The maximum absolute atomic E-state index is 4.97. The van der Waals surface area contributed by atoms with Gasteiger partial charge in [0.2, 0.25) is 0 Å². The van der Waals surface area contributed by atoms with E-state index in [1.54, 1.807) is 0 Å². The molecule has 0 amide bonds. The van der Waals surface area contributed by atoms with Crippen LogP contribution < -0.4 is 0 Å². The van der Waals surface area contributed by atoms with E-state index in [1.165, 1.54) is 72.0 Å². The van der Waals surface area contributed by atoms with E-state index in [1.807, 2.05) is 60.7 Å². The highest BCUT2D eigenvalue weighted by atomic mass is 15.0. The predicted octanol–water partition coefficient (Wildman–Crippen LogP) is 14.0. The molecule has 9 aromatic carbocycles. The molecule has 1 spiro atoms. The average molecular weight is 789 g/mol. The van der Waals surface area contributed by atoms with E-state index in [0.717, 1.165) is 27.8 Å². The summed E-state index contributed by atoms with van der Waals surface area (Å²) in [5.41, 5.74) is 18.6. The van der Waals surface area contributed by atoms with E-state index in [0.29, 0.717) is 17.5 Å². The van der Waals surface area contributed by atoms with Crippen LogP contribution in [0.1, 0.15) is 22.3 Å². The predicted molar refractivity (Wildman–Crippen MR) is 252 cm³/mol. The zero-order valence-electron chi connectivity index (χ0n) is 33.6. The van der Waals surface area contributed by atoms with Crippen molar-refractivity contribution in [1.82, 2.24) is 19.5 Å². The lowest BCUT2D eigenvalue weighted by Gasteiger charge is -2.39. The second kappa shape index (κ2) is 13.4. The van der Waals surface area contributed by atoms with Crippen LogP contribution in [0.4, 0.5) is 0 Å². The molecule has 1 aliphatic heterocycles. The monoisotopic (exact) mass is 788 g/mol. The molecule has 3 heterocycles. The molecule has 288 valence electrons. The van der Waals surface area contributed by atoms with Gasteiger partial charge in [0, 0.05) is 27.5 Å². The molecule has 0 atom stereocenters. The van der Waals surface area contributed by atoms with E-state index in [4.69, 9.17) is 15.0 Å². The van der Waals surface area contributed by atoms with Crippen molar-refractivity contribution in [3.63, 3.8) is 0 Å². The number of hydrogen-bond donors (Lipinski definition) is 0. The summed E-state index contributed by atoms with van der Waals surface area (Å²) < 4.78 is 2.52. The topological polar surface area (TPSA) is 43.6 Å². The molecule has 0 radical (unpaired) electrons. The van der Waals surface area contributed by atoms with Gasteiger partial charge in [-0.1, -0.05) is 188 Å². The Labute approximate surface area is 359 Å². The summed E-state index contributed by atoms with van der Waals surface area (Å²) in [7, 11) is 0. The molecule has 0 bridgehead atoms. The molecule has 11 aromatic rings. The largest absolute Gasteiger partial charge is 0.309 e. The Morgan fingerprint density at radius 2 is 0.790 bits per heavy atom. The van der Waals surface area contributed by atoms with Gasteiger partial charge >= 0.3 is 0 Å². The van der Waals surface area contributed by atoms with Gasteiger partial charge in [-0.25, -0.2) is 15.0 Å². The van der Waals surface area contributed by atoms with Gasteiger partial charge in [0.05, 0.1) is 22.1 Å². The fraction of sp³-hybridized carbons (Fsp3) is 0.0172. The molecular weight excluding hydrogens is 753 g/mol. The highest BCUT2D eigenvalue weighted by Gasteiger charge is 2.50. The van der Waals surface area contributed by atoms with Gasteiger partial charge in [0.25, 0.3) is 0 Å². The molecule has 2 aromatic heterocycles. The van der Waals surface area contributed by atoms with E-state index in [9.17, 15) is 0 Å². The average Bonchev–Trinajstić information content (AvgIpc) is 3.85. The van der Waals surface area contributed by atoms with Crippen LogP contribution in [0.25, 0.3) is 95.0 Å². The Hall–Kier alpha value is -8.21. The smallest absolute Gasteiger partial charge is 0.164 e. The van der Waals surface area contributed by atoms with E-state index < -0.39 is 5.41 Å². The summed E-state index contributed by atoms with van der Waals surface area (Å²) in [5, 5.41) is 2.52. The maximum Gasteiger partial charge on any atom is 0.164 e. The Bertz CT molecular complexity index is 3460. The maximum atomic E-state index is 4.97. The quantitative estimate of drug-likeness (QED) is 0.174. The number of aromatic nitrogens is 4. The Balaban J connectivity index is 0.974. The number of benzene rings is 9. The first kappa shape index (κ1) is 34.6. The summed E-state index contributed by atoms with van der Waals surface area (Å²) in [4.78, 5) is 14.8. The first-order valence-electron chi connectivity index (χ1n) is 21.2. The molecule has 0 unspecified atom stereocenters. The SMILES string of the molecule is c1ccc(-c2nc(-c3ccccc3)nc(-c3ccc(-c4cccc(-c5cc6c7c(c5)c5ccccc5n7-c5ccccc5C65c6ccccc6-c6ccccc65)c4)cc3)n2)cc1. The molecule has 0 saturated carbocycles. The summed E-state index contributed by atoms with van der Waals surface area (Å²) in [6, 6.07) is 78.8. The fourth-order valence-electron chi connectivity index (χ4n) is 10.4. The van der Waals surface area contributed by atoms with Crippen molar-refractivity contribution < 1.29 is 0 Å². The van der Waals surface area contributed by atoms with Crippen LogP contribution >= 0.6 is 0 Å². The molecule has 4 heteroatoms. The zero-order valence-corrected chi connectivity index (χ0v) is 33.6. The Kier molecular flexibility index (Phi) is 7.49. The van der Waals surface area contributed by atoms with Gasteiger partial charge in [-0.2, -0.15) is 0 Å². The molecule has 2 aliphatic rings. The third-order valence-electron chi connectivity index (χ3n) is 13.0. The fourth-order valence-corrected chi connectivity index (χ4v) is 10.4. The highest BCUT2D eigenvalue weighted by molar-refractivity contribution is 6.14. The molecule has 0 saturated heterocycles. The van der Waals surface area contributed by atoms with Gasteiger partial charge in [-0.05, 0) is 86.0 Å². The van der Waals surface area contributed by atoms with Crippen molar-refractivity contribution in [2.24, 2.45) is 0 Å². The van der Waals surface area contributed by atoms with Crippen molar-refractivity contribution in [3.8, 4) is 73.2 Å². The Morgan fingerprint density at radius 1 is 0.306 bits per heavy atom. The summed E-state index contributed by atoms with van der Waals surface area (Å²) in [6.07, 6.45) is 0. The van der Waals surface area contributed by atoms with E-state index >= 15 is 0 Å². The normalized spacial score (nSPS) is 13.0. The van der Waals surface area contributed by atoms with Gasteiger partial charge in [0.15, 0.2) is 17.5 Å². The van der Waals surface area contributed by atoms with Crippen LogP contribution in [0.15, 0.2) is 218 Å². The van der Waals surface area contributed by atoms with Gasteiger partial charge in [-0.15, -0.1) is 0 Å². The first-order chi connectivity index (χ1) is 30.7. The van der Waals surface area contributed by atoms with E-state index in [-0.39, 0.29) is 0 Å². The van der Waals surface area contributed by atoms with Crippen molar-refractivity contribution >= 4 is 21.8 Å². The van der Waals surface area contributed by atoms with Crippen LogP contribution in [0.5, 0.6) is 0 Å². The lowest BCUT2D eigenvalue weighted by molar-refractivity contribution is 0.749. The first-order valence-corrected chi connectivity index (χ1v) is 21.2. The number of nitrogens with zero attached hydrogens (tertiary/aromatic N) is 4. The number of rotatable bonds is 5. The second-order valence-electron chi connectivity index (χ2n) is 16.3. The number of para-hydroxylation sites is 2. The highest BCUT2D eigenvalue weighted by Crippen LogP contribution is 2.61. The summed E-state index contributed by atoms with van der Waals surface area (Å²) in [6.45, 7) is 0. The lowest BCUT2D eigenvalue weighted by Crippen LogP contribution is -2.33. The van der Waals surface area contributed by atoms with Gasteiger partial charge in [-0.3, -0.25) is 0 Å². The van der Waals surface area contributed by atoms with Crippen LogP contribution in [0, 0.1) is 0 Å². The molecule has 0 fully saturated rings.